The minimum atomic E-state index is -2.37. The quantitative estimate of drug-likeness (QED) is 0.569. The highest BCUT2D eigenvalue weighted by atomic mass is 79.9. The largest absolute Gasteiger partial charge is 0.468 e. The first-order valence-electron chi connectivity index (χ1n) is 4.67. The van der Waals surface area contributed by atoms with Gasteiger partial charge in [0.05, 0.1) is 7.11 Å². The van der Waals surface area contributed by atoms with Gasteiger partial charge in [0.15, 0.2) is 0 Å². The molecule has 6 heteroatoms. The lowest BCUT2D eigenvalue weighted by Crippen LogP contribution is -2.51. The standard InChI is InChI=1S/C9H14BrF2NO2/c1-13-4-5(8(11)12)6(10)3-7(13)9(14)15-2/h5-8H,3-4H2,1-2H3. The number of nitrogens with zero attached hydrogens (tertiary/aromatic N) is 1. The number of ether oxygens (including phenoxy) is 1. The summed E-state index contributed by atoms with van der Waals surface area (Å²) in [5.74, 6) is -1.09. The summed E-state index contributed by atoms with van der Waals surface area (Å²) in [5.41, 5.74) is 0. The van der Waals surface area contributed by atoms with Crippen LogP contribution < -0.4 is 0 Å². The maximum absolute atomic E-state index is 12.6. The van der Waals surface area contributed by atoms with E-state index in [2.05, 4.69) is 20.7 Å². The molecule has 0 saturated carbocycles. The van der Waals surface area contributed by atoms with Crippen molar-refractivity contribution in [2.24, 2.45) is 5.92 Å². The van der Waals surface area contributed by atoms with E-state index < -0.39 is 18.4 Å². The number of rotatable bonds is 2. The molecule has 0 aromatic carbocycles. The normalized spacial score (nSPS) is 33.1. The van der Waals surface area contributed by atoms with E-state index in [1.54, 1.807) is 11.9 Å². The van der Waals surface area contributed by atoms with E-state index in [0.717, 1.165) is 0 Å². The number of methoxy groups -OCH3 is 1. The van der Waals surface area contributed by atoms with Crippen LogP contribution >= 0.6 is 15.9 Å². The number of likely N-dealkylation sites (tertiary alicyclic amines) is 1. The van der Waals surface area contributed by atoms with Gasteiger partial charge >= 0.3 is 5.97 Å². The molecule has 1 rings (SSSR count). The van der Waals surface area contributed by atoms with Crippen LogP contribution in [0.4, 0.5) is 8.78 Å². The number of carbonyl (C=O) groups excluding carboxylic acids is 1. The molecule has 15 heavy (non-hydrogen) atoms. The van der Waals surface area contributed by atoms with Crippen molar-refractivity contribution in [3.8, 4) is 0 Å². The Bertz CT molecular complexity index is 240. The van der Waals surface area contributed by atoms with Crippen LogP contribution in [0.5, 0.6) is 0 Å². The SMILES string of the molecule is COC(=O)C1CC(Br)C(C(F)F)CN1C. The van der Waals surface area contributed by atoms with Gasteiger partial charge in [-0.25, -0.2) is 8.78 Å². The monoisotopic (exact) mass is 285 g/mol. The number of alkyl halides is 3. The molecule has 0 radical (unpaired) electrons. The van der Waals surface area contributed by atoms with E-state index >= 15 is 0 Å². The Kier molecular flexibility index (Phi) is 4.45. The summed E-state index contributed by atoms with van der Waals surface area (Å²) in [6.07, 6.45) is -2.01. The molecule has 0 amide bonds. The number of likely N-dealkylation sites (N-methyl/N-ethyl adjacent to an activating group) is 1. The van der Waals surface area contributed by atoms with Gasteiger partial charge in [-0.2, -0.15) is 0 Å². The zero-order chi connectivity index (χ0) is 11.6. The maximum Gasteiger partial charge on any atom is 0.323 e. The van der Waals surface area contributed by atoms with Gasteiger partial charge in [0.1, 0.15) is 6.04 Å². The average molecular weight is 286 g/mol. The van der Waals surface area contributed by atoms with Gasteiger partial charge < -0.3 is 4.74 Å². The third-order valence-corrected chi connectivity index (χ3v) is 3.79. The molecule has 88 valence electrons. The van der Waals surface area contributed by atoms with Crippen LogP contribution in [0.25, 0.3) is 0 Å². The molecule has 1 aliphatic rings. The second kappa shape index (κ2) is 5.21. The highest BCUT2D eigenvalue weighted by Crippen LogP contribution is 2.31. The Labute approximate surface area is 95.9 Å². The summed E-state index contributed by atoms with van der Waals surface area (Å²) < 4.78 is 29.8. The molecule has 0 spiro atoms. The van der Waals surface area contributed by atoms with Crippen molar-refractivity contribution in [2.45, 2.75) is 23.7 Å². The van der Waals surface area contributed by atoms with Crippen LogP contribution in [-0.4, -0.2) is 48.9 Å². The van der Waals surface area contributed by atoms with Crippen LogP contribution in [0.1, 0.15) is 6.42 Å². The number of piperidine rings is 1. The molecule has 1 aliphatic heterocycles. The second-order valence-electron chi connectivity index (χ2n) is 3.73. The Morgan fingerprint density at radius 3 is 2.67 bits per heavy atom. The number of carbonyl (C=O) groups is 1. The van der Waals surface area contributed by atoms with Crippen molar-refractivity contribution < 1.29 is 18.3 Å². The van der Waals surface area contributed by atoms with Crippen molar-refractivity contribution in [2.75, 3.05) is 20.7 Å². The molecule has 3 atom stereocenters. The Hall–Kier alpha value is -0.230. The summed E-state index contributed by atoms with van der Waals surface area (Å²) in [6, 6.07) is -0.422. The molecule has 0 aliphatic carbocycles. The highest BCUT2D eigenvalue weighted by Gasteiger charge is 2.40. The van der Waals surface area contributed by atoms with Gasteiger partial charge in [-0.1, -0.05) is 15.9 Å². The maximum atomic E-state index is 12.6. The molecule has 0 aromatic heterocycles. The number of hydrogen-bond donors (Lipinski definition) is 0. The lowest BCUT2D eigenvalue weighted by molar-refractivity contribution is -0.148. The Balaban J connectivity index is 2.66. The molecule has 0 aromatic rings. The fourth-order valence-electron chi connectivity index (χ4n) is 1.79. The van der Waals surface area contributed by atoms with Crippen molar-refractivity contribution in [3.63, 3.8) is 0 Å². The van der Waals surface area contributed by atoms with Crippen LogP contribution in [0.15, 0.2) is 0 Å². The predicted molar refractivity (Wildman–Crippen MR) is 55.3 cm³/mol. The first-order chi connectivity index (χ1) is 6.97. The predicted octanol–water partition coefficient (Wildman–Crippen LogP) is 1.51. The van der Waals surface area contributed by atoms with Crippen LogP contribution in [-0.2, 0) is 9.53 Å². The van der Waals surface area contributed by atoms with Gasteiger partial charge in [0.25, 0.3) is 0 Å². The molecule has 3 unspecified atom stereocenters. The smallest absolute Gasteiger partial charge is 0.323 e. The fourth-order valence-corrected chi connectivity index (χ4v) is 2.54. The van der Waals surface area contributed by atoms with Crippen molar-refractivity contribution in [1.29, 1.82) is 0 Å². The third kappa shape index (κ3) is 2.87. The minimum absolute atomic E-state index is 0.202. The Morgan fingerprint density at radius 2 is 2.20 bits per heavy atom. The van der Waals surface area contributed by atoms with Crippen LogP contribution in [0, 0.1) is 5.92 Å². The molecule has 1 fully saturated rings. The molecule has 1 heterocycles. The van der Waals surface area contributed by atoms with E-state index in [-0.39, 0.29) is 17.3 Å². The van der Waals surface area contributed by atoms with Gasteiger partial charge in [0.2, 0.25) is 6.43 Å². The van der Waals surface area contributed by atoms with Crippen molar-refractivity contribution >= 4 is 21.9 Å². The topological polar surface area (TPSA) is 29.5 Å². The van der Waals surface area contributed by atoms with Gasteiger partial charge in [-0.15, -0.1) is 0 Å². The number of halogens is 3. The number of esters is 1. The first kappa shape index (κ1) is 12.8. The highest BCUT2D eigenvalue weighted by molar-refractivity contribution is 9.09. The second-order valence-corrected chi connectivity index (χ2v) is 4.90. The molecule has 3 nitrogen and oxygen atoms in total. The van der Waals surface area contributed by atoms with E-state index in [0.29, 0.717) is 6.42 Å². The fraction of sp³-hybridized carbons (Fsp3) is 0.889. The lowest BCUT2D eigenvalue weighted by atomic mass is 9.93. The zero-order valence-electron chi connectivity index (χ0n) is 8.62. The van der Waals surface area contributed by atoms with Crippen molar-refractivity contribution in [1.82, 2.24) is 4.90 Å². The molecular formula is C9H14BrF2NO2. The molecule has 0 N–H and O–H groups in total. The molecule has 1 saturated heterocycles. The summed E-state index contributed by atoms with van der Waals surface area (Å²) in [4.78, 5) is 12.6. The van der Waals surface area contributed by atoms with Gasteiger partial charge in [-0.05, 0) is 13.5 Å². The summed E-state index contributed by atoms with van der Waals surface area (Å²) in [6.45, 7) is 0.202. The zero-order valence-corrected chi connectivity index (χ0v) is 10.2. The third-order valence-electron chi connectivity index (χ3n) is 2.74. The van der Waals surface area contributed by atoms with Crippen LogP contribution in [0.3, 0.4) is 0 Å². The number of hydrogen-bond acceptors (Lipinski definition) is 3. The first-order valence-corrected chi connectivity index (χ1v) is 5.59. The summed E-state index contributed by atoms with van der Waals surface area (Å²) in [5, 5.41) is 0. The summed E-state index contributed by atoms with van der Waals surface area (Å²) >= 11 is 3.21. The van der Waals surface area contributed by atoms with Crippen molar-refractivity contribution in [3.05, 3.63) is 0 Å². The summed E-state index contributed by atoms with van der Waals surface area (Å²) in [7, 11) is 2.97. The molecule has 0 bridgehead atoms. The van der Waals surface area contributed by atoms with Crippen LogP contribution in [0.2, 0.25) is 0 Å². The minimum Gasteiger partial charge on any atom is -0.468 e. The van der Waals surface area contributed by atoms with Gasteiger partial charge in [0, 0.05) is 17.3 Å². The van der Waals surface area contributed by atoms with Gasteiger partial charge in [-0.3, -0.25) is 9.69 Å². The average Bonchev–Trinajstić information content (AvgIpc) is 2.19. The van der Waals surface area contributed by atoms with E-state index in [1.165, 1.54) is 7.11 Å². The lowest BCUT2D eigenvalue weighted by Gasteiger charge is -2.38. The Morgan fingerprint density at radius 1 is 1.60 bits per heavy atom. The van der Waals surface area contributed by atoms with E-state index in [4.69, 9.17) is 0 Å². The molecular weight excluding hydrogens is 272 g/mol. The van der Waals surface area contributed by atoms with E-state index in [9.17, 15) is 13.6 Å². The van der Waals surface area contributed by atoms with E-state index in [1.807, 2.05) is 0 Å².